The Balaban J connectivity index is 2.60. The first kappa shape index (κ1) is 8.23. The number of aliphatic hydroxyl groups is 2. The average molecular weight is 156 g/mol. The largest absolute Gasteiger partial charge is 0.396 e. The molecule has 0 amide bonds. The summed E-state index contributed by atoms with van der Waals surface area (Å²) in [6, 6.07) is 1.74. The molecule has 0 radical (unpaired) electrons. The summed E-state index contributed by atoms with van der Waals surface area (Å²) in [4.78, 5) is 0. The molecule has 0 saturated carbocycles. The van der Waals surface area contributed by atoms with E-state index >= 15 is 0 Å². The number of rotatable bonds is 3. The first-order valence-corrected chi connectivity index (χ1v) is 3.52. The molecule has 1 rings (SSSR count). The Kier molecular flexibility index (Phi) is 2.62. The molecule has 0 aromatic carbocycles. The van der Waals surface area contributed by atoms with Gasteiger partial charge >= 0.3 is 0 Å². The third-order valence-electron chi connectivity index (χ3n) is 1.48. The average Bonchev–Trinajstić information content (AvgIpc) is 2.36. The van der Waals surface area contributed by atoms with Crippen LogP contribution in [0.4, 0.5) is 0 Å². The van der Waals surface area contributed by atoms with Crippen LogP contribution in [0.25, 0.3) is 0 Å². The fraction of sp³-hybridized carbons (Fsp3) is 0.571. The molecule has 1 aromatic heterocycles. The van der Waals surface area contributed by atoms with Gasteiger partial charge in [0.05, 0.1) is 11.8 Å². The molecule has 0 aliphatic heterocycles. The lowest BCUT2D eigenvalue weighted by molar-refractivity contribution is 0.130. The number of hydrogen-bond donors (Lipinski definition) is 2. The smallest absolute Gasteiger partial charge is 0.1000 e. The van der Waals surface area contributed by atoms with E-state index in [-0.39, 0.29) is 6.61 Å². The predicted octanol–water partition coefficient (Wildman–Crippen LogP) is -0.164. The molecule has 0 aliphatic rings. The highest BCUT2D eigenvalue weighted by atomic mass is 16.3. The molecule has 1 heterocycles. The SMILES string of the molecule is Cn1ccc([C@H](O)CCO)n1. The molecule has 4 nitrogen and oxygen atoms in total. The zero-order chi connectivity index (χ0) is 8.27. The molecule has 0 saturated heterocycles. The van der Waals surface area contributed by atoms with Crippen LogP contribution in [0.1, 0.15) is 18.2 Å². The first-order chi connectivity index (χ1) is 5.24. The predicted molar refractivity (Wildman–Crippen MR) is 39.9 cm³/mol. The fourth-order valence-electron chi connectivity index (χ4n) is 0.881. The third kappa shape index (κ3) is 2.03. The van der Waals surface area contributed by atoms with Crippen LogP contribution in [0.5, 0.6) is 0 Å². The summed E-state index contributed by atoms with van der Waals surface area (Å²) in [6.07, 6.45) is 1.47. The molecule has 0 fully saturated rings. The summed E-state index contributed by atoms with van der Waals surface area (Å²) in [5, 5.41) is 21.8. The molecule has 1 aromatic rings. The van der Waals surface area contributed by atoms with Gasteiger partial charge in [-0.25, -0.2) is 0 Å². The van der Waals surface area contributed by atoms with Crippen molar-refractivity contribution >= 4 is 0 Å². The van der Waals surface area contributed by atoms with E-state index in [0.717, 1.165) is 0 Å². The van der Waals surface area contributed by atoms with Gasteiger partial charge in [-0.15, -0.1) is 0 Å². The lowest BCUT2D eigenvalue weighted by atomic mass is 10.2. The van der Waals surface area contributed by atoms with Gasteiger partial charge in [0.25, 0.3) is 0 Å². The van der Waals surface area contributed by atoms with Gasteiger partial charge in [-0.3, -0.25) is 4.68 Å². The van der Waals surface area contributed by atoms with Gasteiger partial charge in [0.15, 0.2) is 0 Å². The van der Waals surface area contributed by atoms with Gasteiger partial charge in [-0.1, -0.05) is 0 Å². The van der Waals surface area contributed by atoms with E-state index in [4.69, 9.17) is 5.11 Å². The van der Waals surface area contributed by atoms with Gasteiger partial charge in [0.2, 0.25) is 0 Å². The summed E-state index contributed by atoms with van der Waals surface area (Å²) in [5.41, 5.74) is 0.613. The van der Waals surface area contributed by atoms with Crippen molar-refractivity contribution < 1.29 is 10.2 Å². The number of aromatic nitrogens is 2. The summed E-state index contributed by atoms with van der Waals surface area (Å²) in [7, 11) is 1.79. The van der Waals surface area contributed by atoms with E-state index in [9.17, 15) is 5.11 Å². The number of nitrogens with zero attached hydrogens (tertiary/aromatic N) is 2. The molecular formula is C7H12N2O2. The Morgan fingerprint density at radius 1 is 1.73 bits per heavy atom. The Labute approximate surface area is 65.1 Å². The molecule has 62 valence electrons. The Morgan fingerprint density at radius 2 is 2.45 bits per heavy atom. The minimum absolute atomic E-state index is 0.0161. The van der Waals surface area contributed by atoms with Crippen LogP contribution in [-0.2, 0) is 7.05 Å². The summed E-state index contributed by atoms with van der Waals surface area (Å²) >= 11 is 0. The van der Waals surface area contributed by atoms with E-state index < -0.39 is 6.10 Å². The Hall–Kier alpha value is -0.870. The molecule has 0 spiro atoms. The molecule has 1 atom stereocenters. The van der Waals surface area contributed by atoms with Crippen molar-refractivity contribution in [2.24, 2.45) is 7.05 Å². The quantitative estimate of drug-likeness (QED) is 0.639. The third-order valence-corrected chi connectivity index (χ3v) is 1.48. The van der Waals surface area contributed by atoms with E-state index in [1.165, 1.54) is 0 Å². The highest BCUT2D eigenvalue weighted by Gasteiger charge is 2.08. The summed E-state index contributed by atoms with van der Waals surface area (Å²) < 4.78 is 1.62. The standard InChI is InChI=1S/C7H12N2O2/c1-9-4-2-6(8-9)7(11)3-5-10/h2,4,7,10-11H,3,5H2,1H3/t7-/m1/s1. The van der Waals surface area contributed by atoms with Gasteiger partial charge < -0.3 is 10.2 Å². The molecule has 0 unspecified atom stereocenters. The second-order valence-electron chi connectivity index (χ2n) is 2.44. The van der Waals surface area contributed by atoms with Gasteiger partial charge in [-0.05, 0) is 6.07 Å². The zero-order valence-corrected chi connectivity index (χ0v) is 6.44. The maximum Gasteiger partial charge on any atom is 0.1000 e. The van der Waals surface area contributed by atoms with Crippen molar-refractivity contribution in [1.29, 1.82) is 0 Å². The first-order valence-electron chi connectivity index (χ1n) is 3.52. The van der Waals surface area contributed by atoms with Crippen LogP contribution >= 0.6 is 0 Å². The fourth-order valence-corrected chi connectivity index (χ4v) is 0.881. The summed E-state index contributed by atoms with van der Waals surface area (Å²) in [5.74, 6) is 0. The normalized spacial score (nSPS) is 13.4. The molecule has 0 bridgehead atoms. The van der Waals surface area contributed by atoms with Gasteiger partial charge in [0.1, 0.15) is 0 Å². The van der Waals surface area contributed by atoms with Crippen LogP contribution in [0.3, 0.4) is 0 Å². The van der Waals surface area contributed by atoms with Crippen LogP contribution in [0, 0.1) is 0 Å². The topological polar surface area (TPSA) is 58.3 Å². The van der Waals surface area contributed by atoms with E-state index in [1.807, 2.05) is 0 Å². The number of aliphatic hydroxyl groups excluding tert-OH is 2. The lowest BCUT2D eigenvalue weighted by Gasteiger charge is -2.03. The highest BCUT2D eigenvalue weighted by molar-refractivity contribution is 5.02. The van der Waals surface area contributed by atoms with E-state index in [1.54, 1.807) is 24.0 Å². The lowest BCUT2D eigenvalue weighted by Crippen LogP contribution is -2.01. The van der Waals surface area contributed by atoms with Crippen LogP contribution in [0.15, 0.2) is 12.3 Å². The van der Waals surface area contributed by atoms with Crippen LogP contribution < -0.4 is 0 Å². The van der Waals surface area contributed by atoms with Crippen molar-refractivity contribution in [3.63, 3.8) is 0 Å². The van der Waals surface area contributed by atoms with Crippen molar-refractivity contribution in [3.05, 3.63) is 18.0 Å². The van der Waals surface area contributed by atoms with E-state index in [2.05, 4.69) is 5.10 Å². The Bertz CT molecular complexity index is 222. The van der Waals surface area contributed by atoms with Crippen molar-refractivity contribution in [3.8, 4) is 0 Å². The summed E-state index contributed by atoms with van der Waals surface area (Å²) in [6.45, 7) is -0.0161. The monoisotopic (exact) mass is 156 g/mol. The van der Waals surface area contributed by atoms with Crippen LogP contribution in [-0.4, -0.2) is 26.6 Å². The molecule has 2 N–H and O–H groups in total. The minimum atomic E-state index is -0.638. The molecule has 11 heavy (non-hydrogen) atoms. The maximum atomic E-state index is 9.30. The van der Waals surface area contributed by atoms with Crippen molar-refractivity contribution in [2.75, 3.05) is 6.61 Å². The van der Waals surface area contributed by atoms with Crippen molar-refractivity contribution in [2.45, 2.75) is 12.5 Å². The second kappa shape index (κ2) is 3.50. The van der Waals surface area contributed by atoms with Crippen molar-refractivity contribution in [1.82, 2.24) is 9.78 Å². The van der Waals surface area contributed by atoms with E-state index in [0.29, 0.717) is 12.1 Å². The minimum Gasteiger partial charge on any atom is -0.396 e. The molecule has 0 aliphatic carbocycles. The van der Waals surface area contributed by atoms with Crippen LogP contribution in [0.2, 0.25) is 0 Å². The van der Waals surface area contributed by atoms with Gasteiger partial charge in [0, 0.05) is 26.3 Å². The number of hydrogen-bond acceptors (Lipinski definition) is 3. The highest BCUT2D eigenvalue weighted by Crippen LogP contribution is 2.12. The zero-order valence-electron chi connectivity index (χ0n) is 6.44. The number of aryl methyl sites for hydroxylation is 1. The molecular weight excluding hydrogens is 144 g/mol. The van der Waals surface area contributed by atoms with Gasteiger partial charge in [-0.2, -0.15) is 5.10 Å². The Morgan fingerprint density at radius 3 is 2.91 bits per heavy atom. The second-order valence-corrected chi connectivity index (χ2v) is 2.44. The molecule has 4 heteroatoms. The maximum absolute atomic E-state index is 9.30.